The van der Waals surface area contributed by atoms with Gasteiger partial charge in [0.25, 0.3) is 0 Å². The van der Waals surface area contributed by atoms with Crippen LogP contribution in [0.5, 0.6) is 0 Å². The molecule has 0 N–H and O–H groups in total. The molecule has 0 aliphatic rings. The zero-order valence-corrected chi connectivity index (χ0v) is 34.1. The fourth-order valence-electron chi connectivity index (χ4n) is 10.00. The van der Waals surface area contributed by atoms with Crippen LogP contribution >= 0.6 is 0 Å². The molecule has 0 heterocycles. The lowest BCUT2D eigenvalue weighted by Gasteiger charge is -2.22. The van der Waals surface area contributed by atoms with Crippen molar-refractivity contribution in [1.29, 1.82) is 0 Å². The molecule has 12 rings (SSSR count). The van der Waals surface area contributed by atoms with Crippen molar-refractivity contribution in [2.24, 2.45) is 0 Å². The number of hydrogen-bond donors (Lipinski definition) is 0. The van der Waals surface area contributed by atoms with E-state index < -0.39 is 0 Å². The van der Waals surface area contributed by atoms with E-state index in [0.29, 0.717) is 0 Å². The molecule has 0 amide bonds. The SMILES string of the molecule is c1ccc(-c2cc(-c3ccccc3)cc(-c3c4ccccc4c(-c4c5ccccc5c(-c5ccc6cc(-c7ccccc7)ccc6c5)c5ccccc45)c4ccccc34)c2)cc1. The highest BCUT2D eigenvalue weighted by atomic mass is 14.3. The molecule has 0 bridgehead atoms. The van der Waals surface area contributed by atoms with Gasteiger partial charge in [-0.3, -0.25) is 0 Å². The Bertz CT molecular complexity index is 3480. The Balaban J connectivity index is 1.13. The van der Waals surface area contributed by atoms with E-state index in [4.69, 9.17) is 0 Å². The van der Waals surface area contributed by atoms with Crippen molar-refractivity contribution in [2.75, 3.05) is 0 Å². The molecule has 0 aliphatic heterocycles. The van der Waals surface area contributed by atoms with E-state index in [1.54, 1.807) is 0 Å². The van der Waals surface area contributed by atoms with Crippen LogP contribution in [0.25, 0.3) is 121 Å². The number of hydrogen-bond acceptors (Lipinski definition) is 0. The van der Waals surface area contributed by atoms with E-state index in [9.17, 15) is 0 Å². The number of fused-ring (bicyclic) bond motifs is 5. The first kappa shape index (κ1) is 35.8. The second kappa shape index (κ2) is 14.9. The van der Waals surface area contributed by atoms with Crippen LogP contribution in [0.4, 0.5) is 0 Å². The van der Waals surface area contributed by atoms with Crippen LogP contribution in [0, 0.1) is 0 Å². The third-order valence-corrected chi connectivity index (χ3v) is 12.8. The molecule has 12 aromatic rings. The van der Waals surface area contributed by atoms with Gasteiger partial charge < -0.3 is 0 Å². The lowest BCUT2D eigenvalue weighted by atomic mass is 9.80. The maximum absolute atomic E-state index is 2.39. The van der Waals surface area contributed by atoms with Gasteiger partial charge in [0.1, 0.15) is 0 Å². The topological polar surface area (TPSA) is 0 Å². The molecule has 62 heavy (non-hydrogen) atoms. The van der Waals surface area contributed by atoms with Crippen molar-refractivity contribution in [3.63, 3.8) is 0 Å². The van der Waals surface area contributed by atoms with Crippen molar-refractivity contribution in [3.8, 4) is 66.8 Å². The largest absolute Gasteiger partial charge is 0.0622 e. The summed E-state index contributed by atoms with van der Waals surface area (Å²) in [4.78, 5) is 0. The summed E-state index contributed by atoms with van der Waals surface area (Å²) in [7, 11) is 0. The van der Waals surface area contributed by atoms with Crippen LogP contribution in [0.15, 0.2) is 243 Å². The summed E-state index contributed by atoms with van der Waals surface area (Å²) in [5.74, 6) is 0. The smallest absolute Gasteiger partial charge is 0.00139 e. The van der Waals surface area contributed by atoms with Gasteiger partial charge in [-0.05, 0) is 151 Å². The van der Waals surface area contributed by atoms with Gasteiger partial charge in [0.2, 0.25) is 0 Å². The Labute approximate surface area is 361 Å². The first-order valence-corrected chi connectivity index (χ1v) is 21.5. The average Bonchev–Trinajstić information content (AvgIpc) is 3.35. The van der Waals surface area contributed by atoms with Gasteiger partial charge in [0.05, 0.1) is 0 Å². The first-order valence-electron chi connectivity index (χ1n) is 21.5. The molecule has 0 aliphatic carbocycles. The van der Waals surface area contributed by atoms with Crippen LogP contribution in [-0.4, -0.2) is 0 Å². The summed E-state index contributed by atoms with van der Waals surface area (Å²) in [5.41, 5.74) is 14.8. The predicted molar refractivity (Wildman–Crippen MR) is 267 cm³/mol. The van der Waals surface area contributed by atoms with Crippen molar-refractivity contribution >= 4 is 53.9 Å². The molecule has 288 valence electrons. The van der Waals surface area contributed by atoms with E-state index in [2.05, 4.69) is 243 Å². The zero-order chi connectivity index (χ0) is 41.0. The van der Waals surface area contributed by atoms with Gasteiger partial charge in [-0.15, -0.1) is 0 Å². The molecule has 0 fully saturated rings. The normalized spacial score (nSPS) is 11.5. The van der Waals surface area contributed by atoms with E-state index >= 15 is 0 Å². The average molecular weight is 785 g/mol. The second-order valence-corrected chi connectivity index (χ2v) is 16.4. The number of rotatable bonds is 6. The van der Waals surface area contributed by atoms with Crippen LogP contribution in [0.2, 0.25) is 0 Å². The Morgan fingerprint density at radius 3 is 0.806 bits per heavy atom. The summed E-state index contributed by atoms with van der Waals surface area (Å²) in [6.45, 7) is 0. The highest BCUT2D eigenvalue weighted by Gasteiger charge is 2.23. The van der Waals surface area contributed by atoms with Gasteiger partial charge in [-0.1, -0.05) is 212 Å². The van der Waals surface area contributed by atoms with Crippen molar-refractivity contribution in [3.05, 3.63) is 243 Å². The van der Waals surface area contributed by atoms with Crippen LogP contribution in [0.3, 0.4) is 0 Å². The molecule has 0 unspecified atom stereocenters. The summed E-state index contributed by atoms with van der Waals surface area (Å²) in [5, 5.41) is 12.5. The fraction of sp³-hybridized carbons (Fsp3) is 0. The Kier molecular flexibility index (Phi) is 8.61. The minimum Gasteiger partial charge on any atom is -0.0622 e. The molecule has 0 atom stereocenters. The van der Waals surface area contributed by atoms with Crippen molar-refractivity contribution < 1.29 is 0 Å². The predicted octanol–water partition coefficient (Wildman–Crippen LogP) is 17.5. The molecule has 0 radical (unpaired) electrons. The fourth-order valence-corrected chi connectivity index (χ4v) is 10.00. The molecular weight excluding hydrogens is 745 g/mol. The minimum atomic E-state index is 1.21. The van der Waals surface area contributed by atoms with Crippen LogP contribution in [-0.2, 0) is 0 Å². The van der Waals surface area contributed by atoms with Crippen molar-refractivity contribution in [1.82, 2.24) is 0 Å². The van der Waals surface area contributed by atoms with Gasteiger partial charge in [0, 0.05) is 0 Å². The molecule has 0 nitrogen and oxygen atoms in total. The van der Waals surface area contributed by atoms with Gasteiger partial charge in [-0.2, -0.15) is 0 Å². The number of benzene rings is 12. The van der Waals surface area contributed by atoms with Crippen LogP contribution < -0.4 is 0 Å². The maximum Gasteiger partial charge on any atom is -0.00139 e. The van der Waals surface area contributed by atoms with E-state index in [-0.39, 0.29) is 0 Å². The Morgan fingerprint density at radius 2 is 0.419 bits per heavy atom. The minimum absolute atomic E-state index is 1.21. The van der Waals surface area contributed by atoms with E-state index in [0.717, 1.165) is 0 Å². The maximum atomic E-state index is 2.39. The summed E-state index contributed by atoms with van der Waals surface area (Å²) in [6.07, 6.45) is 0. The Morgan fingerprint density at radius 1 is 0.145 bits per heavy atom. The second-order valence-electron chi connectivity index (χ2n) is 16.4. The standard InChI is InChI=1S/C62H40/c1-4-18-41(19-5-1)44-32-33-46-37-47(35-34-45(46)36-44)59-51-24-10-14-28-55(51)61(56-29-15-11-25-52(56)59)62-57-30-16-12-26-53(57)60(54-27-13-17-31-58(54)62)50-39-48(42-20-6-2-7-21-42)38-49(40-50)43-22-8-3-9-23-43/h1-40H. The van der Waals surface area contributed by atoms with Crippen molar-refractivity contribution in [2.45, 2.75) is 0 Å². The summed E-state index contributed by atoms with van der Waals surface area (Å²) < 4.78 is 0. The molecule has 12 aromatic carbocycles. The van der Waals surface area contributed by atoms with Gasteiger partial charge in [-0.25, -0.2) is 0 Å². The van der Waals surface area contributed by atoms with Gasteiger partial charge >= 0.3 is 0 Å². The quantitative estimate of drug-likeness (QED) is 0.147. The monoisotopic (exact) mass is 784 g/mol. The van der Waals surface area contributed by atoms with E-state index in [1.165, 1.54) is 121 Å². The summed E-state index contributed by atoms with van der Waals surface area (Å²) in [6, 6.07) is 89.4. The lowest BCUT2D eigenvalue weighted by molar-refractivity contribution is 1.58. The highest BCUT2D eigenvalue weighted by molar-refractivity contribution is 6.30. The summed E-state index contributed by atoms with van der Waals surface area (Å²) >= 11 is 0. The third-order valence-electron chi connectivity index (χ3n) is 12.8. The zero-order valence-electron chi connectivity index (χ0n) is 34.1. The third kappa shape index (κ3) is 5.99. The molecular formula is C62H40. The molecule has 0 heteroatoms. The van der Waals surface area contributed by atoms with Crippen LogP contribution in [0.1, 0.15) is 0 Å². The Hall–Kier alpha value is -8.06. The molecule has 0 saturated carbocycles. The highest BCUT2D eigenvalue weighted by Crippen LogP contribution is 2.50. The van der Waals surface area contributed by atoms with Gasteiger partial charge in [0.15, 0.2) is 0 Å². The molecule has 0 aromatic heterocycles. The van der Waals surface area contributed by atoms with E-state index in [1.807, 2.05) is 0 Å². The first-order chi connectivity index (χ1) is 30.8. The molecule has 0 spiro atoms. The lowest BCUT2D eigenvalue weighted by Crippen LogP contribution is -1.95. The molecule has 0 saturated heterocycles.